The molecule has 0 spiro atoms. The normalized spacial score (nSPS) is 12.5. The lowest BCUT2D eigenvalue weighted by molar-refractivity contribution is -0.386. The van der Waals surface area contributed by atoms with E-state index in [0.29, 0.717) is 0 Å². The van der Waals surface area contributed by atoms with Gasteiger partial charge in [-0.3, -0.25) is 25.0 Å². The zero-order valence-electron chi connectivity index (χ0n) is 10.6. The molecule has 7 nitrogen and oxygen atoms in total. The van der Waals surface area contributed by atoms with Crippen LogP contribution in [0.15, 0.2) is 36.4 Å². The SMILES string of the molecule is O=C1c2cccc([N+](=O)[O-])c2Cc2c1cccc2[N+](=O)[O-]. The van der Waals surface area contributed by atoms with Gasteiger partial charge in [-0.1, -0.05) is 24.3 Å². The van der Waals surface area contributed by atoms with E-state index in [-0.39, 0.29) is 40.0 Å². The lowest BCUT2D eigenvalue weighted by Crippen LogP contribution is -2.17. The highest BCUT2D eigenvalue weighted by Crippen LogP contribution is 2.36. The summed E-state index contributed by atoms with van der Waals surface area (Å²) in [6.07, 6.45) is 0.00468. The molecule has 0 saturated carbocycles. The maximum absolute atomic E-state index is 12.4. The number of carbonyl (C=O) groups is 1. The van der Waals surface area contributed by atoms with Gasteiger partial charge in [0.1, 0.15) is 0 Å². The number of nitro benzene ring substituents is 2. The van der Waals surface area contributed by atoms with Gasteiger partial charge in [-0.2, -0.15) is 0 Å². The average Bonchev–Trinajstić information content (AvgIpc) is 2.46. The number of benzene rings is 2. The minimum Gasteiger partial charge on any atom is -0.289 e. The van der Waals surface area contributed by atoms with Crippen LogP contribution in [0.2, 0.25) is 0 Å². The Bertz CT molecular complexity index is 748. The number of carbonyl (C=O) groups excluding carboxylic acids is 1. The average molecular weight is 284 g/mol. The summed E-state index contributed by atoms with van der Waals surface area (Å²) in [5, 5.41) is 22.1. The minimum absolute atomic E-state index is 0.00468. The predicted molar refractivity (Wildman–Crippen MR) is 72.4 cm³/mol. The van der Waals surface area contributed by atoms with Gasteiger partial charge < -0.3 is 0 Å². The van der Waals surface area contributed by atoms with E-state index >= 15 is 0 Å². The standard InChI is InChI=1S/C14H8N2O5/c17-14-8-3-1-5-12(15(18)19)10(8)7-11-9(14)4-2-6-13(11)16(20)21/h1-6H,7H2. The third-order valence-electron chi connectivity index (χ3n) is 3.54. The molecule has 0 saturated heterocycles. The summed E-state index contributed by atoms with van der Waals surface area (Å²) < 4.78 is 0. The van der Waals surface area contributed by atoms with Gasteiger partial charge in [-0.05, 0) is 0 Å². The fraction of sp³-hybridized carbons (Fsp3) is 0.0714. The van der Waals surface area contributed by atoms with E-state index in [1.54, 1.807) is 0 Å². The molecule has 0 unspecified atom stereocenters. The summed E-state index contributed by atoms with van der Waals surface area (Å²) in [5.41, 5.74) is 0.548. The van der Waals surface area contributed by atoms with Gasteiger partial charge in [0.25, 0.3) is 11.4 Å². The summed E-state index contributed by atoms with van der Waals surface area (Å²) in [4.78, 5) is 33.4. The van der Waals surface area contributed by atoms with Crippen molar-refractivity contribution in [1.82, 2.24) is 0 Å². The number of nitro groups is 2. The van der Waals surface area contributed by atoms with Crippen LogP contribution in [-0.4, -0.2) is 15.6 Å². The maximum Gasteiger partial charge on any atom is 0.273 e. The molecule has 0 N–H and O–H groups in total. The third-order valence-corrected chi connectivity index (χ3v) is 3.54. The van der Waals surface area contributed by atoms with Crippen molar-refractivity contribution in [1.29, 1.82) is 0 Å². The molecule has 0 aliphatic heterocycles. The van der Waals surface area contributed by atoms with Crippen molar-refractivity contribution in [3.63, 3.8) is 0 Å². The molecule has 3 rings (SSSR count). The molecule has 0 aromatic heterocycles. The molecule has 0 fully saturated rings. The number of hydrogen-bond donors (Lipinski definition) is 0. The molecule has 0 atom stereocenters. The van der Waals surface area contributed by atoms with Crippen molar-refractivity contribution in [2.75, 3.05) is 0 Å². The van der Waals surface area contributed by atoms with E-state index in [1.807, 2.05) is 0 Å². The highest BCUT2D eigenvalue weighted by Gasteiger charge is 2.32. The fourth-order valence-electron chi connectivity index (χ4n) is 2.61. The molecule has 7 heteroatoms. The summed E-state index contributed by atoms with van der Waals surface area (Å²) in [7, 11) is 0. The first-order valence-electron chi connectivity index (χ1n) is 6.08. The predicted octanol–water partition coefficient (Wildman–Crippen LogP) is 2.64. The summed E-state index contributed by atoms with van der Waals surface area (Å²) in [6, 6.07) is 8.49. The summed E-state index contributed by atoms with van der Waals surface area (Å²) >= 11 is 0. The molecule has 1 aliphatic rings. The smallest absolute Gasteiger partial charge is 0.273 e. The fourth-order valence-corrected chi connectivity index (χ4v) is 2.61. The number of nitrogens with zero attached hydrogens (tertiary/aromatic N) is 2. The second-order valence-electron chi connectivity index (χ2n) is 4.63. The van der Waals surface area contributed by atoms with Crippen LogP contribution in [0.3, 0.4) is 0 Å². The lowest BCUT2D eigenvalue weighted by atomic mass is 9.83. The zero-order chi connectivity index (χ0) is 15.1. The first-order valence-corrected chi connectivity index (χ1v) is 6.08. The van der Waals surface area contributed by atoms with E-state index in [1.165, 1.54) is 36.4 Å². The third kappa shape index (κ3) is 1.86. The van der Waals surface area contributed by atoms with Crippen LogP contribution >= 0.6 is 0 Å². The molecule has 2 aromatic carbocycles. The van der Waals surface area contributed by atoms with Gasteiger partial charge in [0.15, 0.2) is 5.78 Å². The molecule has 0 radical (unpaired) electrons. The highest BCUT2D eigenvalue weighted by atomic mass is 16.6. The number of rotatable bonds is 2. The molecular formula is C14H8N2O5. The second kappa shape index (κ2) is 4.48. The molecule has 104 valence electrons. The van der Waals surface area contributed by atoms with Crippen molar-refractivity contribution in [3.8, 4) is 0 Å². The number of ketones is 1. The highest BCUT2D eigenvalue weighted by molar-refractivity contribution is 6.13. The second-order valence-corrected chi connectivity index (χ2v) is 4.63. The molecule has 0 amide bonds. The lowest BCUT2D eigenvalue weighted by Gasteiger charge is -2.17. The van der Waals surface area contributed by atoms with Gasteiger partial charge in [-0.15, -0.1) is 0 Å². The van der Waals surface area contributed by atoms with Crippen LogP contribution in [0.4, 0.5) is 11.4 Å². The van der Waals surface area contributed by atoms with E-state index < -0.39 is 15.6 Å². The van der Waals surface area contributed by atoms with Crippen molar-refractivity contribution < 1.29 is 14.6 Å². The first-order chi connectivity index (χ1) is 10.0. The number of fused-ring (bicyclic) bond motifs is 2. The van der Waals surface area contributed by atoms with Crippen LogP contribution in [0.5, 0.6) is 0 Å². The van der Waals surface area contributed by atoms with E-state index in [0.717, 1.165) is 0 Å². The molecular weight excluding hydrogens is 276 g/mol. The Morgan fingerprint density at radius 2 is 1.24 bits per heavy atom. The largest absolute Gasteiger partial charge is 0.289 e. The Morgan fingerprint density at radius 1 is 0.810 bits per heavy atom. The number of hydrogen-bond acceptors (Lipinski definition) is 5. The summed E-state index contributed by atoms with van der Waals surface area (Å²) in [5.74, 6) is -0.418. The van der Waals surface area contributed by atoms with Gasteiger partial charge in [0, 0.05) is 40.8 Å². The molecule has 21 heavy (non-hydrogen) atoms. The van der Waals surface area contributed by atoms with E-state index in [9.17, 15) is 25.0 Å². The molecule has 0 bridgehead atoms. The van der Waals surface area contributed by atoms with Crippen molar-refractivity contribution in [2.45, 2.75) is 6.42 Å². The van der Waals surface area contributed by atoms with Crippen molar-refractivity contribution >= 4 is 17.2 Å². The Morgan fingerprint density at radius 3 is 1.62 bits per heavy atom. The molecule has 2 aromatic rings. The van der Waals surface area contributed by atoms with Crippen LogP contribution in [0.25, 0.3) is 0 Å². The van der Waals surface area contributed by atoms with Crippen LogP contribution < -0.4 is 0 Å². The minimum atomic E-state index is -0.578. The topological polar surface area (TPSA) is 103 Å². The Kier molecular flexibility index (Phi) is 2.76. The van der Waals surface area contributed by atoms with Crippen LogP contribution in [0.1, 0.15) is 27.0 Å². The molecule has 0 heterocycles. The molecule has 1 aliphatic carbocycles. The summed E-state index contributed by atoms with van der Waals surface area (Å²) in [6.45, 7) is 0. The Balaban J connectivity index is 2.28. The van der Waals surface area contributed by atoms with Gasteiger partial charge in [-0.25, -0.2) is 0 Å². The Labute approximate surface area is 118 Å². The van der Waals surface area contributed by atoms with Gasteiger partial charge in [0.05, 0.1) is 9.85 Å². The maximum atomic E-state index is 12.4. The quantitative estimate of drug-likeness (QED) is 0.531. The first kappa shape index (κ1) is 12.9. The Hall–Kier alpha value is -3.09. The van der Waals surface area contributed by atoms with E-state index in [4.69, 9.17) is 0 Å². The van der Waals surface area contributed by atoms with Crippen LogP contribution in [0, 0.1) is 20.2 Å². The van der Waals surface area contributed by atoms with E-state index in [2.05, 4.69) is 0 Å². The van der Waals surface area contributed by atoms with Crippen molar-refractivity contribution in [2.24, 2.45) is 0 Å². The van der Waals surface area contributed by atoms with Gasteiger partial charge in [0.2, 0.25) is 0 Å². The van der Waals surface area contributed by atoms with Gasteiger partial charge >= 0.3 is 0 Å². The van der Waals surface area contributed by atoms with Crippen LogP contribution in [-0.2, 0) is 6.42 Å². The van der Waals surface area contributed by atoms with Crippen molar-refractivity contribution in [3.05, 3.63) is 78.9 Å². The zero-order valence-corrected chi connectivity index (χ0v) is 10.6. The monoisotopic (exact) mass is 284 g/mol.